The molecule has 140 valence electrons. The molecule has 1 aliphatic heterocycles. The molecule has 0 bridgehead atoms. The van der Waals surface area contributed by atoms with E-state index in [4.69, 9.17) is 9.84 Å². The fraction of sp³-hybridized carbons (Fsp3) is 0.438. The standard InChI is InChI=1S/C16H16F3N3O3S/c17-16(18,19)13-6-11(26-9-15(23)24)5-12(21-13)10-7-20-22(8-10)14-3-1-2-4-25-14/h5-8,14H,1-4,9H2,(H,23,24). The molecule has 1 aliphatic rings. The Morgan fingerprint density at radius 1 is 1.38 bits per heavy atom. The first-order valence-corrected chi connectivity index (χ1v) is 8.91. The number of ether oxygens (including phenoxy) is 1. The fourth-order valence-electron chi connectivity index (χ4n) is 2.59. The largest absolute Gasteiger partial charge is 0.481 e. The zero-order valence-corrected chi connectivity index (χ0v) is 14.4. The summed E-state index contributed by atoms with van der Waals surface area (Å²) in [5.41, 5.74) is -0.554. The van der Waals surface area contributed by atoms with E-state index >= 15 is 0 Å². The molecule has 0 spiro atoms. The fourth-order valence-corrected chi connectivity index (χ4v) is 3.27. The van der Waals surface area contributed by atoms with Crippen molar-refractivity contribution in [2.75, 3.05) is 12.4 Å². The first-order chi connectivity index (χ1) is 12.3. The maximum atomic E-state index is 13.1. The number of aromatic nitrogens is 3. The zero-order chi connectivity index (χ0) is 18.7. The third kappa shape index (κ3) is 4.55. The molecule has 0 aliphatic carbocycles. The Bertz CT molecular complexity index is 789. The second kappa shape index (κ2) is 7.67. The molecule has 2 aromatic rings. The first-order valence-electron chi connectivity index (χ1n) is 7.93. The molecule has 0 aromatic carbocycles. The van der Waals surface area contributed by atoms with Gasteiger partial charge in [-0.15, -0.1) is 11.8 Å². The van der Waals surface area contributed by atoms with Crippen molar-refractivity contribution in [1.29, 1.82) is 0 Å². The minimum atomic E-state index is -4.63. The van der Waals surface area contributed by atoms with Crippen LogP contribution in [0.2, 0.25) is 0 Å². The van der Waals surface area contributed by atoms with E-state index < -0.39 is 17.8 Å². The van der Waals surface area contributed by atoms with Crippen LogP contribution in [0.1, 0.15) is 31.2 Å². The highest BCUT2D eigenvalue weighted by Gasteiger charge is 2.33. The number of carboxylic acids is 1. The van der Waals surface area contributed by atoms with E-state index in [-0.39, 0.29) is 22.6 Å². The van der Waals surface area contributed by atoms with E-state index in [2.05, 4.69) is 10.1 Å². The number of carboxylic acid groups (broad SMARTS) is 1. The van der Waals surface area contributed by atoms with Crippen molar-refractivity contribution in [1.82, 2.24) is 14.8 Å². The summed E-state index contributed by atoms with van der Waals surface area (Å²) in [4.78, 5) is 14.6. The number of nitrogens with zero attached hydrogens (tertiary/aromatic N) is 3. The maximum absolute atomic E-state index is 13.1. The molecule has 0 radical (unpaired) electrons. The summed E-state index contributed by atoms with van der Waals surface area (Å²) in [6, 6.07) is 2.29. The van der Waals surface area contributed by atoms with Gasteiger partial charge in [-0.25, -0.2) is 9.67 Å². The van der Waals surface area contributed by atoms with Gasteiger partial charge in [0.1, 0.15) is 11.9 Å². The second-order valence-electron chi connectivity index (χ2n) is 5.78. The lowest BCUT2D eigenvalue weighted by molar-refractivity contribution is -0.141. The Balaban J connectivity index is 1.91. The topological polar surface area (TPSA) is 77.2 Å². The predicted octanol–water partition coefficient (Wildman–Crippen LogP) is 3.84. The number of pyridine rings is 1. The summed E-state index contributed by atoms with van der Waals surface area (Å²) in [5, 5.41) is 12.9. The Morgan fingerprint density at radius 2 is 2.19 bits per heavy atom. The highest BCUT2D eigenvalue weighted by molar-refractivity contribution is 8.00. The third-order valence-corrected chi connectivity index (χ3v) is 4.76. The summed E-state index contributed by atoms with van der Waals surface area (Å²) in [7, 11) is 0. The summed E-state index contributed by atoms with van der Waals surface area (Å²) in [6.45, 7) is 0.623. The van der Waals surface area contributed by atoms with E-state index in [9.17, 15) is 18.0 Å². The number of hydrogen-bond donors (Lipinski definition) is 1. The van der Waals surface area contributed by atoms with Crippen LogP contribution in [-0.2, 0) is 15.7 Å². The smallest absolute Gasteiger partial charge is 0.433 e. The van der Waals surface area contributed by atoms with E-state index in [1.165, 1.54) is 12.3 Å². The molecular weight excluding hydrogens is 371 g/mol. The number of carbonyl (C=O) groups is 1. The lowest BCUT2D eigenvalue weighted by Crippen LogP contribution is -2.18. The molecule has 10 heteroatoms. The van der Waals surface area contributed by atoms with Crippen LogP contribution in [-0.4, -0.2) is 38.2 Å². The Morgan fingerprint density at radius 3 is 2.85 bits per heavy atom. The Labute approximate surface area is 151 Å². The van der Waals surface area contributed by atoms with Crippen LogP contribution in [0.5, 0.6) is 0 Å². The van der Waals surface area contributed by atoms with Gasteiger partial charge in [0.25, 0.3) is 0 Å². The molecule has 1 saturated heterocycles. The molecule has 1 fully saturated rings. The molecule has 26 heavy (non-hydrogen) atoms. The van der Waals surface area contributed by atoms with Crippen LogP contribution in [0.25, 0.3) is 11.3 Å². The van der Waals surface area contributed by atoms with Crippen molar-refractivity contribution in [3.05, 3.63) is 30.2 Å². The monoisotopic (exact) mass is 387 g/mol. The SMILES string of the molecule is O=C(O)CSc1cc(-c2cnn(C3CCCCO3)c2)nc(C(F)(F)F)c1. The average Bonchev–Trinajstić information content (AvgIpc) is 3.10. The molecule has 6 nitrogen and oxygen atoms in total. The Kier molecular flexibility index (Phi) is 5.52. The van der Waals surface area contributed by atoms with Crippen LogP contribution in [0.15, 0.2) is 29.4 Å². The van der Waals surface area contributed by atoms with Gasteiger partial charge >= 0.3 is 12.1 Å². The number of halogens is 3. The third-order valence-electron chi connectivity index (χ3n) is 3.80. The highest BCUT2D eigenvalue weighted by atomic mass is 32.2. The molecule has 1 N–H and O–H groups in total. The van der Waals surface area contributed by atoms with Crippen LogP contribution < -0.4 is 0 Å². The van der Waals surface area contributed by atoms with Gasteiger partial charge in [0.05, 0.1) is 17.6 Å². The molecule has 1 unspecified atom stereocenters. The van der Waals surface area contributed by atoms with Gasteiger partial charge in [0, 0.05) is 23.3 Å². The molecule has 1 atom stereocenters. The lowest BCUT2D eigenvalue weighted by Gasteiger charge is -2.22. The van der Waals surface area contributed by atoms with E-state index in [0.29, 0.717) is 12.2 Å². The molecular formula is C16H16F3N3O3S. The minimum Gasteiger partial charge on any atom is -0.481 e. The average molecular weight is 387 g/mol. The number of thioether (sulfide) groups is 1. The van der Waals surface area contributed by atoms with Gasteiger partial charge in [-0.3, -0.25) is 4.79 Å². The van der Waals surface area contributed by atoms with Crippen LogP contribution in [0, 0.1) is 0 Å². The van der Waals surface area contributed by atoms with Crippen molar-refractivity contribution < 1.29 is 27.8 Å². The second-order valence-corrected chi connectivity index (χ2v) is 6.83. The summed E-state index contributed by atoms with van der Waals surface area (Å²) in [5.74, 6) is -1.44. The summed E-state index contributed by atoms with van der Waals surface area (Å²) in [6.07, 6.45) is 0.940. The van der Waals surface area contributed by atoms with Gasteiger partial charge in [-0.1, -0.05) is 0 Å². The molecule has 0 amide bonds. The number of hydrogen-bond acceptors (Lipinski definition) is 5. The lowest BCUT2D eigenvalue weighted by atomic mass is 10.2. The number of alkyl halides is 3. The number of rotatable bonds is 5. The normalized spacial score (nSPS) is 18.0. The molecule has 3 rings (SSSR count). The zero-order valence-electron chi connectivity index (χ0n) is 13.6. The quantitative estimate of drug-likeness (QED) is 0.786. The van der Waals surface area contributed by atoms with E-state index in [1.54, 1.807) is 10.9 Å². The minimum absolute atomic E-state index is 0.0924. The maximum Gasteiger partial charge on any atom is 0.433 e. The van der Waals surface area contributed by atoms with Gasteiger partial charge in [-0.05, 0) is 31.4 Å². The van der Waals surface area contributed by atoms with Crippen molar-refractivity contribution in [3.63, 3.8) is 0 Å². The van der Waals surface area contributed by atoms with Gasteiger partial charge < -0.3 is 9.84 Å². The summed E-state index contributed by atoms with van der Waals surface area (Å²) >= 11 is 0.811. The summed E-state index contributed by atoms with van der Waals surface area (Å²) < 4.78 is 46.6. The predicted molar refractivity (Wildman–Crippen MR) is 87.7 cm³/mol. The van der Waals surface area contributed by atoms with Crippen LogP contribution in [0.3, 0.4) is 0 Å². The van der Waals surface area contributed by atoms with Crippen molar-refractivity contribution >= 4 is 17.7 Å². The van der Waals surface area contributed by atoms with Crippen LogP contribution >= 0.6 is 11.8 Å². The molecule has 3 heterocycles. The van der Waals surface area contributed by atoms with Crippen molar-refractivity contribution in [3.8, 4) is 11.3 Å². The first kappa shape index (κ1) is 18.7. The van der Waals surface area contributed by atoms with E-state index in [0.717, 1.165) is 37.1 Å². The van der Waals surface area contributed by atoms with Gasteiger partial charge in [0.15, 0.2) is 0 Å². The highest BCUT2D eigenvalue weighted by Crippen LogP contribution is 2.34. The van der Waals surface area contributed by atoms with Crippen molar-refractivity contribution in [2.45, 2.75) is 36.6 Å². The van der Waals surface area contributed by atoms with E-state index in [1.807, 2.05) is 0 Å². The number of aliphatic carboxylic acids is 1. The van der Waals surface area contributed by atoms with Crippen LogP contribution in [0.4, 0.5) is 13.2 Å². The van der Waals surface area contributed by atoms with Gasteiger partial charge in [0.2, 0.25) is 0 Å². The Hall–Kier alpha value is -2.07. The molecule has 2 aromatic heterocycles. The van der Waals surface area contributed by atoms with Crippen molar-refractivity contribution in [2.24, 2.45) is 0 Å². The van der Waals surface area contributed by atoms with Gasteiger partial charge in [-0.2, -0.15) is 18.3 Å². The molecule has 0 saturated carbocycles.